The Morgan fingerprint density at radius 3 is 2.21 bits per heavy atom. The van der Waals surface area contributed by atoms with Gasteiger partial charge in [0.05, 0.1) is 11.2 Å². The molecule has 0 N–H and O–H groups in total. The summed E-state index contributed by atoms with van der Waals surface area (Å²) < 4.78 is 2.98. The molecule has 1 aromatic heterocycles. The first kappa shape index (κ1) is 11.9. The van der Waals surface area contributed by atoms with Gasteiger partial charge in [0.25, 0.3) is 0 Å². The Balaban J connectivity index is 3.00. The summed E-state index contributed by atoms with van der Waals surface area (Å²) in [7, 11) is 0. The molecule has 0 fully saturated rings. The van der Waals surface area contributed by atoms with Crippen molar-refractivity contribution in [3.05, 3.63) is 11.9 Å². The molecule has 3 nitrogen and oxygen atoms in total. The molecule has 0 aliphatic heterocycles. The Morgan fingerprint density at radius 2 is 1.86 bits per heavy atom. The van der Waals surface area contributed by atoms with Gasteiger partial charge in [0, 0.05) is 16.0 Å². The number of alkyl halides is 1. The summed E-state index contributed by atoms with van der Waals surface area (Å²) in [6.07, 6.45) is 2.05. The predicted molar refractivity (Wildman–Crippen MR) is 66.9 cm³/mol. The van der Waals surface area contributed by atoms with Gasteiger partial charge in [0.2, 0.25) is 0 Å². The zero-order valence-electron chi connectivity index (χ0n) is 9.50. The van der Waals surface area contributed by atoms with Crippen LogP contribution in [0.4, 0.5) is 0 Å². The van der Waals surface area contributed by atoms with Crippen molar-refractivity contribution in [2.24, 2.45) is 0 Å². The summed E-state index contributed by atoms with van der Waals surface area (Å²) in [5.41, 5.74) is 1.21. The van der Waals surface area contributed by atoms with Crippen molar-refractivity contribution >= 4 is 22.6 Å². The molecule has 0 aromatic carbocycles. The van der Waals surface area contributed by atoms with Crippen molar-refractivity contribution in [3.8, 4) is 0 Å². The van der Waals surface area contributed by atoms with E-state index in [4.69, 9.17) is 0 Å². The van der Waals surface area contributed by atoms with Crippen molar-refractivity contribution in [2.75, 3.05) is 4.43 Å². The summed E-state index contributed by atoms with van der Waals surface area (Å²) in [5.74, 6) is 0. The van der Waals surface area contributed by atoms with Crippen LogP contribution < -0.4 is 0 Å². The van der Waals surface area contributed by atoms with E-state index < -0.39 is 0 Å². The van der Waals surface area contributed by atoms with Crippen LogP contribution in [0.25, 0.3) is 0 Å². The van der Waals surface area contributed by atoms with E-state index >= 15 is 0 Å². The van der Waals surface area contributed by atoms with Gasteiger partial charge in [-0.25, -0.2) is 4.68 Å². The van der Waals surface area contributed by atoms with Gasteiger partial charge >= 0.3 is 0 Å². The summed E-state index contributed by atoms with van der Waals surface area (Å²) in [6, 6.07) is 0. The lowest BCUT2D eigenvalue weighted by Crippen LogP contribution is -2.23. The second kappa shape index (κ2) is 3.79. The van der Waals surface area contributed by atoms with Crippen LogP contribution in [-0.4, -0.2) is 19.4 Å². The Hall–Kier alpha value is -0.130. The van der Waals surface area contributed by atoms with Crippen molar-refractivity contribution < 1.29 is 0 Å². The lowest BCUT2D eigenvalue weighted by molar-refractivity contribution is 0.346. The average Bonchev–Trinajstić information content (AvgIpc) is 2.51. The highest BCUT2D eigenvalue weighted by atomic mass is 127. The van der Waals surface area contributed by atoms with Gasteiger partial charge in [-0.2, -0.15) is 0 Å². The van der Waals surface area contributed by atoms with E-state index in [0.29, 0.717) is 0 Å². The van der Waals surface area contributed by atoms with E-state index in [1.54, 1.807) is 0 Å². The average molecular weight is 307 g/mol. The first-order chi connectivity index (χ1) is 6.27. The zero-order valence-corrected chi connectivity index (χ0v) is 11.7. The highest BCUT2D eigenvalue weighted by Crippen LogP contribution is 2.24. The lowest BCUT2D eigenvalue weighted by atomic mass is 9.93. The van der Waals surface area contributed by atoms with Gasteiger partial charge in [-0.3, -0.25) is 0 Å². The molecule has 0 aliphatic rings. The van der Waals surface area contributed by atoms with Gasteiger partial charge < -0.3 is 0 Å². The molecule has 0 saturated heterocycles. The second-order valence-electron chi connectivity index (χ2n) is 5.24. The summed E-state index contributed by atoms with van der Waals surface area (Å²) in [6.45, 7) is 10.8. The van der Waals surface area contributed by atoms with Crippen LogP contribution >= 0.6 is 22.6 Å². The minimum atomic E-state index is 0.0204. The molecule has 0 saturated carbocycles. The van der Waals surface area contributed by atoms with Crippen LogP contribution in [0.1, 0.15) is 40.3 Å². The van der Waals surface area contributed by atoms with Gasteiger partial charge in [0.15, 0.2) is 0 Å². The highest BCUT2D eigenvalue weighted by molar-refractivity contribution is 14.1. The molecule has 0 atom stereocenters. The van der Waals surface area contributed by atoms with Crippen LogP contribution in [-0.2, 0) is 11.0 Å². The van der Waals surface area contributed by atoms with E-state index in [1.807, 2.05) is 4.68 Å². The fourth-order valence-corrected chi connectivity index (χ4v) is 1.36. The van der Waals surface area contributed by atoms with Gasteiger partial charge in [-0.05, 0) is 20.8 Å². The number of hydrogen-bond donors (Lipinski definition) is 0. The molecule has 4 heteroatoms. The van der Waals surface area contributed by atoms with E-state index in [2.05, 4.69) is 73.7 Å². The smallest absolute Gasteiger partial charge is 0.0891 e. The topological polar surface area (TPSA) is 30.7 Å². The van der Waals surface area contributed by atoms with Gasteiger partial charge in [-0.1, -0.05) is 41.7 Å². The van der Waals surface area contributed by atoms with E-state index in [-0.39, 0.29) is 11.0 Å². The Labute approximate surface area is 99.4 Å². The molecule has 0 aliphatic carbocycles. The van der Waals surface area contributed by atoms with E-state index in [1.165, 1.54) is 0 Å². The monoisotopic (exact) mass is 307 g/mol. The molecular formula is C10H18IN3. The molecule has 80 valence electrons. The van der Waals surface area contributed by atoms with E-state index in [0.717, 1.165) is 10.1 Å². The number of nitrogens with zero attached hydrogens (tertiary/aromatic N) is 3. The van der Waals surface area contributed by atoms with Crippen molar-refractivity contribution in [1.29, 1.82) is 0 Å². The maximum atomic E-state index is 4.23. The highest BCUT2D eigenvalue weighted by Gasteiger charge is 2.25. The fraction of sp³-hybridized carbons (Fsp3) is 0.800. The molecule has 0 spiro atoms. The summed E-state index contributed by atoms with van der Waals surface area (Å²) >= 11 is 2.39. The van der Waals surface area contributed by atoms with Crippen LogP contribution in [0.5, 0.6) is 0 Å². The first-order valence-corrected chi connectivity index (χ1v) is 6.29. The normalized spacial score (nSPS) is 13.3. The van der Waals surface area contributed by atoms with Gasteiger partial charge in [0.1, 0.15) is 0 Å². The second-order valence-corrected chi connectivity index (χ2v) is 6.00. The Bertz CT molecular complexity index is 309. The van der Waals surface area contributed by atoms with Gasteiger partial charge in [-0.15, -0.1) is 5.10 Å². The fourth-order valence-electron chi connectivity index (χ4n) is 0.970. The quantitative estimate of drug-likeness (QED) is 0.621. The molecular weight excluding hydrogens is 289 g/mol. The molecule has 1 aromatic rings. The van der Waals surface area contributed by atoms with Crippen LogP contribution in [0.15, 0.2) is 6.20 Å². The molecule has 0 radical (unpaired) electrons. The number of hydrogen-bond acceptors (Lipinski definition) is 2. The third kappa shape index (κ3) is 2.46. The standard InChI is InChI=1S/C10H18IN3/c1-9(2,3)14-6-8(12-13-14)10(4,5)7-11/h6H,7H2,1-5H3. The molecule has 0 amide bonds. The molecule has 1 rings (SSSR count). The van der Waals surface area contributed by atoms with Crippen LogP contribution in [0.2, 0.25) is 0 Å². The van der Waals surface area contributed by atoms with Crippen molar-refractivity contribution in [3.63, 3.8) is 0 Å². The van der Waals surface area contributed by atoms with Crippen LogP contribution in [0, 0.1) is 0 Å². The largest absolute Gasteiger partial charge is 0.247 e. The maximum Gasteiger partial charge on any atom is 0.0891 e. The molecule has 14 heavy (non-hydrogen) atoms. The Kier molecular flexibility index (Phi) is 3.23. The predicted octanol–water partition coefficient (Wildman–Crippen LogP) is 2.75. The SMILES string of the molecule is CC(C)(CI)c1cn(C(C)(C)C)nn1. The number of rotatable bonds is 2. The van der Waals surface area contributed by atoms with Crippen LogP contribution in [0.3, 0.4) is 0 Å². The minimum absolute atomic E-state index is 0.0204. The third-order valence-electron chi connectivity index (χ3n) is 2.21. The summed E-state index contributed by atoms with van der Waals surface area (Å²) in [4.78, 5) is 0. The number of halogens is 1. The minimum Gasteiger partial charge on any atom is -0.247 e. The Morgan fingerprint density at radius 1 is 1.29 bits per heavy atom. The van der Waals surface area contributed by atoms with Crippen molar-refractivity contribution in [1.82, 2.24) is 15.0 Å². The zero-order chi connectivity index (χ0) is 11.0. The van der Waals surface area contributed by atoms with E-state index in [9.17, 15) is 0 Å². The van der Waals surface area contributed by atoms with Crippen molar-refractivity contribution in [2.45, 2.75) is 45.6 Å². The first-order valence-electron chi connectivity index (χ1n) is 4.76. The lowest BCUT2D eigenvalue weighted by Gasteiger charge is -2.19. The summed E-state index contributed by atoms with van der Waals surface area (Å²) in [5, 5.41) is 8.40. The maximum absolute atomic E-state index is 4.23. The molecule has 0 unspecified atom stereocenters. The number of aromatic nitrogens is 3. The molecule has 1 heterocycles. The molecule has 0 bridgehead atoms. The third-order valence-corrected chi connectivity index (χ3v) is 4.12.